The molecule has 0 radical (unpaired) electrons. The second-order valence-corrected chi connectivity index (χ2v) is 4.69. The molecule has 0 amide bonds. The molecule has 1 aliphatic rings. The van der Waals surface area contributed by atoms with Crippen LogP contribution in [0.4, 0.5) is 0 Å². The highest BCUT2D eigenvalue weighted by molar-refractivity contribution is 5.34. The van der Waals surface area contributed by atoms with Gasteiger partial charge in [0, 0.05) is 23.8 Å². The lowest BCUT2D eigenvalue weighted by atomic mass is 10.1. The summed E-state index contributed by atoms with van der Waals surface area (Å²) in [6.45, 7) is 2.95. The fourth-order valence-electron chi connectivity index (χ4n) is 2.56. The normalized spacial score (nSPS) is 18.3. The molecule has 3 rings (SSSR count). The van der Waals surface area contributed by atoms with E-state index in [9.17, 15) is 0 Å². The third kappa shape index (κ3) is 1.98. The summed E-state index contributed by atoms with van der Waals surface area (Å²) < 4.78 is 0. The van der Waals surface area contributed by atoms with Crippen LogP contribution in [0.15, 0.2) is 30.5 Å². The summed E-state index contributed by atoms with van der Waals surface area (Å²) in [5.74, 6) is 0. The maximum absolute atomic E-state index is 4.05. The van der Waals surface area contributed by atoms with Gasteiger partial charge in [-0.2, -0.15) is 5.10 Å². The van der Waals surface area contributed by atoms with E-state index < -0.39 is 0 Å². The van der Waals surface area contributed by atoms with Crippen molar-refractivity contribution in [2.24, 2.45) is 0 Å². The Bertz CT molecular complexity index is 516. The van der Waals surface area contributed by atoms with Gasteiger partial charge in [-0.05, 0) is 30.9 Å². The van der Waals surface area contributed by atoms with Gasteiger partial charge < -0.3 is 5.32 Å². The molecule has 1 aromatic carbocycles. The largest absolute Gasteiger partial charge is 0.306 e. The standard InChI is InChI=1S/C14H17N3/c1-10-12(9-16-17-10)8-15-14-7-6-11-4-2-3-5-13(11)14/h2-5,9,14-15H,6-8H2,1H3,(H,16,17). The number of hydrogen-bond donors (Lipinski definition) is 2. The van der Waals surface area contributed by atoms with Gasteiger partial charge in [-0.25, -0.2) is 0 Å². The van der Waals surface area contributed by atoms with Crippen molar-refractivity contribution in [3.63, 3.8) is 0 Å². The highest BCUT2D eigenvalue weighted by atomic mass is 15.1. The maximum atomic E-state index is 4.05. The Morgan fingerprint density at radius 2 is 2.29 bits per heavy atom. The summed E-state index contributed by atoms with van der Waals surface area (Å²) in [7, 11) is 0. The second kappa shape index (κ2) is 4.34. The van der Waals surface area contributed by atoms with E-state index in [0.29, 0.717) is 6.04 Å². The molecule has 17 heavy (non-hydrogen) atoms. The molecule has 2 N–H and O–H groups in total. The first-order valence-electron chi connectivity index (χ1n) is 6.14. The molecule has 0 aliphatic heterocycles. The van der Waals surface area contributed by atoms with Gasteiger partial charge in [-0.1, -0.05) is 24.3 Å². The zero-order valence-corrected chi connectivity index (χ0v) is 10.0. The molecule has 3 nitrogen and oxygen atoms in total. The monoisotopic (exact) mass is 227 g/mol. The Morgan fingerprint density at radius 3 is 3.12 bits per heavy atom. The van der Waals surface area contributed by atoms with E-state index in [1.165, 1.54) is 29.5 Å². The minimum absolute atomic E-state index is 0.500. The third-order valence-electron chi connectivity index (χ3n) is 3.61. The maximum Gasteiger partial charge on any atom is 0.0535 e. The number of aromatic nitrogens is 2. The average molecular weight is 227 g/mol. The molecule has 1 aromatic heterocycles. The van der Waals surface area contributed by atoms with Crippen molar-refractivity contribution in [3.05, 3.63) is 52.8 Å². The van der Waals surface area contributed by atoms with E-state index in [1.807, 2.05) is 6.20 Å². The SMILES string of the molecule is Cc1[nH]ncc1CNC1CCc2ccccc21. The van der Waals surface area contributed by atoms with Crippen molar-refractivity contribution < 1.29 is 0 Å². The quantitative estimate of drug-likeness (QED) is 0.845. The van der Waals surface area contributed by atoms with Crippen LogP contribution < -0.4 is 5.32 Å². The first-order chi connectivity index (χ1) is 8.34. The first-order valence-corrected chi connectivity index (χ1v) is 6.14. The fourth-order valence-corrected chi connectivity index (χ4v) is 2.56. The number of benzene rings is 1. The van der Waals surface area contributed by atoms with Crippen LogP contribution in [0.25, 0.3) is 0 Å². The Morgan fingerprint density at radius 1 is 1.41 bits per heavy atom. The van der Waals surface area contributed by atoms with E-state index in [1.54, 1.807) is 0 Å². The Hall–Kier alpha value is -1.61. The summed E-state index contributed by atoms with van der Waals surface area (Å²) in [5, 5.41) is 10.6. The minimum atomic E-state index is 0.500. The smallest absolute Gasteiger partial charge is 0.0535 e. The van der Waals surface area contributed by atoms with Crippen molar-refractivity contribution in [1.29, 1.82) is 0 Å². The molecule has 3 heteroatoms. The molecular weight excluding hydrogens is 210 g/mol. The van der Waals surface area contributed by atoms with E-state index in [2.05, 4.69) is 46.7 Å². The van der Waals surface area contributed by atoms with Gasteiger partial charge in [0.2, 0.25) is 0 Å². The summed E-state index contributed by atoms with van der Waals surface area (Å²) in [6, 6.07) is 9.23. The van der Waals surface area contributed by atoms with Crippen LogP contribution in [0.3, 0.4) is 0 Å². The summed E-state index contributed by atoms with van der Waals surface area (Å²) in [6.07, 6.45) is 4.30. The predicted molar refractivity (Wildman–Crippen MR) is 67.7 cm³/mol. The molecule has 2 aromatic rings. The molecule has 0 fully saturated rings. The molecule has 1 heterocycles. The zero-order chi connectivity index (χ0) is 11.7. The highest BCUT2D eigenvalue weighted by Crippen LogP contribution is 2.30. The van der Waals surface area contributed by atoms with Crippen molar-refractivity contribution in [2.75, 3.05) is 0 Å². The summed E-state index contributed by atoms with van der Waals surface area (Å²) in [4.78, 5) is 0. The Kier molecular flexibility index (Phi) is 2.69. The molecular formula is C14H17N3. The van der Waals surface area contributed by atoms with E-state index in [4.69, 9.17) is 0 Å². The van der Waals surface area contributed by atoms with Gasteiger partial charge in [-0.15, -0.1) is 0 Å². The predicted octanol–water partition coefficient (Wildman–Crippen LogP) is 2.50. The van der Waals surface area contributed by atoms with E-state index >= 15 is 0 Å². The second-order valence-electron chi connectivity index (χ2n) is 4.69. The number of rotatable bonds is 3. The average Bonchev–Trinajstić information content (AvgIpc) is 2.93. The number of hydrogen-bond acceptors (Lipinski definition) is 2. The third-order valence-corrected chi connectivity index (χ3v) is 3.61. The lowest BCUT2D eigenvalue weighted by Crippen LogP contribution is -2.18. The van der Waals surface area contributed by atoms with Crippen LogP contribution in [0, 0.1) is 6.92 Å². The number of H-pyrrole nitrogens is 1. The first kappa shape index (κ1) is 10.5. The number of aromatic amines is 1. The van der Waals surface area contributed by atoms with Crippen LogP contribution in [-0.2, 0) is 13.0 Å². The van der Waals surface area contributed by atoms with Crippen LogP contribution in [0.1, 0.15) is 34.8 Å². The van der Waals surface area contributed by atoms with Crippen LogP contribution in [0.2, 0.25) is 0 Å². The Labute approximate surface area is 101 Å². The van der Waals surface area contributed by atoms with Crippen molar-refractivity contribution in [1.82, 2.24) is 15.5 Å². The molecule has 88 valence electrons. The number of aryl methyl sites for hydroxylation is 2. The lowest BCUT2D eigenvalue weighted by Gasteiger charge is -2.13. The van der Waals surface area contributed by atoms with Gasteiger partial charge in [0.15, 0.2) is 0 Å². The van der Waals surface area contributed by atoms with Gasteiger partial charge in [0.05, 0.1) is 6.20 Å². The lowest BCUT2D eigenvalue weighted by molar-refractivity contribution is 0.529. The van der Waals surface area contributed by atoms with Crippen LogP contribution in [-0.4, -0.2) is 10.2 Å². The molecule has 0 bridgehead atoms. The van der Waals surface area contributed by atoms with Crippen LogP contribution in [0.5, 0.6) is 0 Å². The molecule has 1 atom stereocenters. The zero-order valence-electron chi connectivity index (χ0n) is 10.0. The van der Waals surface area contributed by atoms with E-state index in [0.717, 1.165) is 12.2 Å². The fraction of sp³-hybridized carbons (Fsp3) is 0.357. The minimum Gasteiger partial charge on any atom is -0.306 e. The summed E-state index contributed by atoms with van der Waals surface area (Å²) in [5.41, 5.74) is 5.38. The summed E-state index contributed by atoms with van der Waals surface area (Å²) >= 11 is 0. The molecule has 1 aliphatic carbocycles. The van der Waals surface area contributed by atoms with E-state index in [-0.39, 0.29) is 0 Å². The van der Waals surface area contributed by atoms with Crippen molar-refractivity contribution in [2.45, 2.75) is 32.4 Å². The van der Waals surface area contributed by atoms with Crippen molar-refractivity contribution >= 4 is 0 Å². The van der Waals surface area contributed by atoms with Gasteiger partial charge in [0.25, 0.3) is 0 Å². The topological polar surface area (TPSA) is 40.7 Å². The number of nitrogens with one attached hydrogen (secondary N) is 2. The highest BCUT2D eigenvalue weighted by Gasteiger charge is 2.21. The molecule has 0 spiro atoms. The van der Waals surface area contributed by atoms with Gasteiger partial charge >= 0.3 is 0 Å². The van der Waals surface area contributed by atoms with Crippen LogP contribution >= 0.6 is 0 Å². The van der Waals surface area contributed by atoms with Gasteiger partial charge in [0.1, 0.15) is 0 Å². The number of fused-ring (bicyclic) bond motifs is 1. The molecule has 1 unspecified atom stereocenters. The number of nitrogens with zero attached hydrogens (tertiary/aromatic N) is 1. The van der Waals surface area contributed by atoms with Gasteiger partial charge in [-0.3, -0.25) is 5.10 Å². The van der Waals surface area contributed by atoms with Crippen molar-refractivity contribution in [3.8, 4) is 0 Å². The molecule has 0 saturated heterocycles. The molecule has 0 saturated carbocycles. The Balaban J connectivity index is 1.70.